The van der Waals surface area contributed by atoms with Gasteiger partial charge in [-0.3, -0.25) is 9.67 Å². The second-order valence-corrected chi connectivity index (χ2v) is 5.03. The van der Waals surface area contributed by atoms with E-state index in [1.807, 2.05) is 44.2 Å². The maximum atomic E-state index is 4.61. The molecular formula is C16H24N4. The van der Waals surface area contributed by atoms with Crippen molar-refractivity contribution in [2.45, 2.75) is 26.7 Å². The Bertz CT molecular complexity index is 536. The minimum Gasteiger partial charge on any atom is -0.374 e. The van der Waals surface area contributed by atoms with Gasteiger partial charge in [-0.15, -0.1) is 0 Å². The summed E-state index contributed by atoms with van der Waals surface area (Å²) < 4.78 is 1.82. The van der Waals surface area contributed by atoms with Crippen LogP contribution in [0.25, 0.3) is 5.70 Å². The van der Waals surface area contributed by atoms with Gasteiger partial charge in [-0.1, -0.05) is 26.0 Å². The molecule has 4 heteroatoms. The fraction of sp³-hybridized carbons (Fsp3) is 0.500. The molecular weight excluding hydrogens is 248 g/mol. The van der Waals surface area contributed by atoms with E-state index in [-0.39, 0.29) is 0 Å². The van der Waals surface area contributed by atoms with Gasteiger partial charge < -0.3 is 4.90 Å². The van der Waals surface area contributed by atoms with E-state index in [1.165, 1.54) is 18.5 Å². The number of hydrogen-bond donors (Lipinski definition) is 0. The van der Waals surface area contributed by atoms with Gasteiger partial charge in [0.2, 0.25) is 0 Å². The minimum absolute atomic E-state index is 0.489. The quantitative estimate of drug-likeness (QED) is 0.787. The highest BCUT2D eigenvalue weighted by atomic mass is 15.2. The molecule has 0 aromatic carbocycles. The van der Waals surface area contributed by atoms with E-state index in [9.17, 15) is 0 Å². The van der Waals surface area contributed by atoms with Crippen LogP contribution in [0, 0.1) is 5.92 Å². The molecule has 3 heterocycles. The highest BCUT2D eigenvalue weighted by Crippen LogP contribution is 2.27. The molecule has 4 nitrogen and oxygen atoms in total. The van der Waals surface area contributed by atoms with Crippen LogP contribution in [0.4, 0.5) is 0 Å². The zero-order valence-electron chi connectivity index (χ0n) is 12.9. The van der Waals surface area contributed by atoms with Crippen LogP contribution in [-0.2, 0) is 7.05 Å². The molecule has 0 aliphatic carbocycles. The summed E-state index contributed by atoms with van der Waals surface area (Å²) in [5.41, 5.74) is 3.36. The van der Waals surface area contributed by atoms with Gasteiger partial charge in [0.25, 0.3) is 0 Å². The van der Waals surface area contributed by atoms with Crippen LogP contribution in [-0.4, -0.2) is 34.5 Å². The Labute approximate surface area is 121 Å². The fourth-order valence-corrected chi connectivity index (χ4v) is 2.50. The summed E-state index contributed by atoms with van der Waals surface area (Å²) in [6.07, 6.45) is 12.9. The first-order chi connectivity index (χ1) is 9.72. The number of aromatic nitrogens is 2. The topological polar surface area (TPSA) is 33.4 Å². The van der Waals surface area contributed by atoms with E-state index >= 15 is 0 Å². The number of aryl methyl sites for hydroxylation is 1. The lowest BCUT2D eigenvalue weighted by Crippen LogP contribution is -2.18. The first-order valence-electron chi connectivity index (χ1n) is 7.40. The van der Waals surface area contributed by atoms with Gasteiger partial charge in [-0.25, -0.2) is 0 Å². The van der Waals surface area contributed by atoms with Gasteiger partial charge in [-0.2, -0.15) is 5.10 Å². The third-order valence-corrected chi connectivity index (χ3v) is 3.57. The highest BCUT2D eigenvalue weighted by Gasteiger charge is 2.17. The lowest BCUT2D eigenvalue weighted by atomic mass is 10.0. The lowest BCUT2D eigenvalue weighted by Gasteiger charge is -2.17. The average molecular weight is 272 g/mol. The van der Waals surface area contributed by atoms with E-state index in [1.54, 1.807) is 0 Å². The van der Waals surface area contributed by atoms with Crippen molar-refractivity contribution in [1.82, 2.24) is 14.7 Å². The third kappa shape index (κ3) is 3.18. The van der Waals surface area contributed by atoms with Crippen molar-refractivity contribution in [2.24, 2.45) is 18.0 Å². The van der Waals surface area contributed by atoms with Crippen LogP contribution in [0.3, 0.4) is 0 Å². The largest absolute Gasteiger partial charge is 0.374 e. The van der Waals surface area contributed by atoms with Gasteiger partial charge >= 0.3 is 0 Å². The van der Waals surface area contributed by atoms with Crippen LogP contribution < -0.4 is 0 Å². The van der Waals surface area contributed by atoms with Gasteiger partial charge in [0.1, 0.15) is 0 Å². The Morgan fingerprint density at radius 1 is 1.20 bits per heavy atom. The van der Waals surface area contributed by atoms with Gasteiger partial charge in [0.15, 0.2) is 0 Å². The molecule has 1 aromatic rings. The molecule has 2 bridgehead atoms. The van der Waals surface area contributed by atoms with Gasteiger partial charge in [-0.05, 0) is 18.8 Å². The molecule has 108 valence electrons. The Balaban J connectivity index is 0.000000704. The Morgan fingerprint density at radius 2 is 2.00 bits per heavy atom. The summed E-state index contributed by atoms with van der Waals surface area (Å²) in [5.74, 6) is 0.489. The molecule has 3 rings (SSSR count). The van der Waals surface area contributed by atoms with E-state index < -0.39 is 0 Å². The number of fused-ring (bicyclic) bond motifs is 1. The summed E-state index contributed by atoms with van der Waals surface area (Å²) in [4.78, 5) is 6.90. The first-order valence-corrected chi connectivity index (χ1v) is 7.40. The molecule has 0 saturated heterocycles. The molecule has 1 atom stereocenters. The van der Waals surface area contributed by atoms with Crippen molar-refractivity contribution in [2.75, 3.05) is 13.6 Å². The van der Waals surface area contributed by atoms with Crippen molar-refractivity contribution < 1.29 is 0 Å². The molecule has 2 aliphatic heterocycles. The maximum Gasteiger partial charge on any atom is 0.0700 e. The van der Waals surface area contributed by atoms with Crippen molar-refractivity contribution in [1.29, 1.82) is 0 Å². The van der Waals surface area contributed by atoms with Crippen LogP contribution in [0.15, 0.2) is 35.2 Å². The monoisotopic (exact) mass is 272 g/mol. The second kappa shape index (κ2) is 6.55. The summed E-state index contributed by atoms with van der Waals surface area (Å²) in [5, 5.41) is 4.22. The van der Waals surface area contributed by atoms with E-state index in [0.29, 0.717) is 5.92 Å². The molecule has 0 spiro atoms. The normalized spacial score (nSPS) is 21.2. The van der Waals surface area contributed by atoms with Crippen molar-refractivity contribution in [3.8, 4) is 0 Å². The lowest BCUT2D eigenvalue weighted by molar-refractivity contribution is 0.432. The predicted molar refractivity (Wildman–Crippen MR) is 84.5 cm³/mol. The van der Waals surface area contributed by atoms with E-state index in [0.717, 1.165) is 17.8 Å². The van der Waals surface area contributed by atoms with Crippen molar-refractivity contribution >= 4 is 11.9 Å². The van der Waals surface area contributed by atoms with Crippen LogP contribution in [0.1, 0.15) is 32.3 Å². The highest BCUT2D eigenvalue weighted by molar-refractivity contribution is 5.85. The number of nitrogens with zero attached hydrogens (tertiary/aromatic N) is 4. The van der Waals surface area contributed by atoms with Crippen LogP contribution in [0.2, 0.25) is 0 Å². The fourth-order valence-electron chi connectivity index (χ4n) is 2.50. The summed E-state index contributed by atoms with van der Waals surface area (Å²) in [6.45, 7) is 5.12. The van der Waals surface area contributed by atoms with E-state index in [4.69, 9.17) is 0 Å². The van der Waals surface area contributed by atoms with Crippen LogP contribution in [0.5, 0.6) is 0 Å². The van der Waals surface area contributed by atoms with Gasteiger partial charge in [0.05, 0.1) is 23.8 Å². The Hall–Kier alpha value is -1.84. The molecule has 20 heavy (non-hydrogen) atoms. The summed E-state index contributed by atoms with van der Waals surface area (Å²) in [6, 6.07) is 0. The minimum atomic E-state index is 0.489. The molecule has 0 saturated carbocycles. The van der Waals surface area contributed by atoms with Crippen molar-refractivity contribution in [3.05, 3.63) is 35.8 Å². The predicted octanol–water partition coefficient (Wildman–Crippen LogP) is 3.10. The number of aliphatic imine (C=N–C) groups is 1. The number of rotatable bonds is 1. The van der Waals surface area contributed by atoms with E-state index in [2.05, 4.69) is 34.2 Å². The molecule has 1 aromatic heterocycles. The third-order valence-electron chi connectivity index (χ3n) is 3.57. The van der Waals surface area contributed by atoms with Gasteiger partial charge in [0, 0.05) is 32.4 Å². The maximum absolute atomic E-state index is 4.61. The number of allylic oxidation sites excluding steroid dienone is 3. The zero-order valence-corrected chi connectivity index (χ0v) is 12.9. The molecule has 2 aliphatic rings. The first kappa shape index (κ1) is 14.6. The molecule has 1 unspecified atom stereocenters. The Kier molecular flexibility index (Phi) is 4.77. The summed E-state index contributed by atoms with van der Waals surface area (Å²) >= 11 is 0. The number of hydrogen-bond acceptors (Lipinski definition) is 3. The molecule has 0 N–H and O–H groups in total. The smallest absolute Gasteiger partial charge is 0.0700 e. The second-order valence-electron chi connectivity index (χ2n) is 5.03. The van der Waals surface area contributed by atoms with Crippen LogP contribution >= 0.6 is 0 Å². The molecule has 0 radical (unpaired) electrons. The SMILES string of the molecule is CC.CN1CCCC2C=C(c3cnn(C)c3)N=CC1=C2. The molecule has 0 fully saturated rings. The Morgan fingerprint density at radius 3 is 2.70 bits per heavy atom. The average Bonchev–Trinajstić information content (AvgIpc) is 2.69. The van der Waals surface area contributed by atoms with Crippen molar-refractivity contribution in [3.63, 3.8) is 0 Å². The summed E-state index contributed by atoms with van der Waals surface area (Å²) in [7, 11) is 4.07. The standard InChI is InChI=1S/C14H18N4.C2H6/c1-17-5-3-4-11-6-13(17)9-15-14(7-11)12-8-16-18(2)10-12;1-2/h6-11H,3-5H2,1-2H3;1-2H3. The molecule has 0 amide bonds. The zero-order chi connectivity index (χ0) is 14.5.